The molecule has 0 spiro atoms. The third kappa shape index (κ3) is 2.02. The van der Waals surface area contributed by atoms with E-state index >= 15 is 0 Å². The van der Waals surface area contributed by atoms with Crippen molar-refractivity contribution >= 4 is 17.5 Å². The molecule has 2 N–H and O–H groups in total. The van der Waals surface area contributed by atoms with Crippen LogP contribution in [0.4, 0.5) is 4.39 Å². The van der Waals surface area contributed by atoms with E-state index in [1.807, 2.05) is 0 Å². The number of hydrazone groups is 2. The maximum absolute atomic E-state index is 12.6. The predicted octanol–water partition coefficient (Wildman–Crippen LogP) is -0.0224. The first-order chi connectivity index (χ1) is 7.66. The molecule has 0 unspecified atom stereocenters. The van der Waals surface area contributed by atoms with Crippen LogP contribution in [0, 0.1) is 5.82 Å². The molecule has 7 heteroatoms. The summed E-state index contributed by atoms with van der Waals surface area (Å²) in [4.78, 5) is 14.7. The highest BCUT2D eigenvalue weighted by atomic mass is 19.1. The number of nitrogens with zero attached hydrogens (tertiary/aromatic N) is 3. The first-order valence-electron chi connectivity index (χ1n) is 4.47. The van der Waals surface area contributed by atoms with Gasteiger partial charge < -0.3 is 0 Å². The number of ketones is 1. The number of pyridine rings is 1. The quantitative estimate of drug-likeness (QED) is 0.735. The lowest BCUT2D eigenvalue weighted by molar-refractivity contribution is -0.111. The SMILES string of the molecule is CC(=O)C1=NNC(c2ccc(F)cn2)=NN1. The summed E-state index contributed by atoms with van der Waals surface area (Å²) in [6.45, 7) is 1.37. The van der Waals surface area contributed by atoms with E-state index in [0.29, 0.717) is 11.5 Å². The molecule has 0 atom stereocenters. The number of carbonyl (C=O) groups excluding carboxylic acids is 1. The average molecular weight is 221 g/mol. The van der Waals surface area contributed by atoms with Gasteiger partial charge in [0, 0.05) is 6.92 Å². The van der Waals surface area contributed by atoms with Crippen molar-refractivity contribution < 1.29 is 9.18 Å². The van der Waals surface area contributed by atoms with E-state index in [-0.39, 0.29) is 11.6 Å². The van der Waals surface area contributed by atoms with E-state index in [2.05, 4.69) is 26.0 Å². The molecule has 1 aromatic heterocycles. The van der Waals surface area contributed by atoms with E-state index in [0.717, 1.165) is 6.20 Å². The van der Waals surface area contributed by atoms with E-state index in [9.17, 15) is 9.18 Å². The van der Waals surface area contributed by atoms with E-state index in [4.69, 9.17) is 0 Å². The largest absolute Gasteiger partial charge is 0.291 e. The van der Waals surface area contributed by atoms with Crippen LogP contribution in [0.15, 0.2) is 28.5 Å². The van der Waals surface area contributed by atoms with Gasteiger partial charge in [-0.05, 0) is 12.1 Å². The molecule has 0 fully saturated rings. The van der Waals surface area contributed by atoms with E-state index in [1.54, 1.807) is 0 Å². The Morgan fingerprint density at radius 1 is 1.31 bits per heavy atom. The number of Topliss-reactive ketones (excluding diaryl/α,β-unsaturated/α-hetero) is 1. The molecule has 0 saturated carbocycles. The fraction of sp³-hybridized carbons (Fsp3) is 0.111. The van der Waals surface area contributed by atoms with Gasteiger partial charge in [0.15, 0.2) is 11.6 Å². The second-order valence-electron chi connectivity index (χ2n) is 3.06. The summed E-state index contributed by atoms with van der Waals surface area (Å²) in [7, 11) is 0. The molecule has 1 aliphatic rings. The van der Waals surface area contributed by atoms with Crippen LogP contribution in [0.1, 0.15) is 12.6 Å². The van der Waals surface area contributed by atoms with Gasteiger partial charge in [-0.25, -0.2) is 9.37 Å². The van der Waals surface area contributed by atoms with Crippen LogP contribution in [-0.4, -0.2) is 22.4 Å². The molecule has 2 rings (SSSR count). The maximum Gasteiger partial charge on any atom is 0.209 e. The number of carbonyl (C=O) groups is 1. The van der Waals surface area contributed by atoms with Gasteiger partial charge in [-0.15, -0.1) is 0 Å². The van der Waals surface area contributed by atoms with Gasteiger partial charge >= 0.3 is 0 Å². The molecule has 16 heavy (non-hydrogen) atoms. The lowest BCUT2D eigenvalue weighted by Gasteiger charge is -2.12. The highest BCUT2D eigenvalue weighted by Gasteiger charge is 2.13. The van der Waals surface area contributed by atoms with Crippen molar-refractivity contribution in [1.29, 1.82) is 0 Å². The number of aromatic nitrogens is 1. The molecule has 0 aliphatic carbocycles. The van der Waals surface area contributed by atoms with Crippen LogP contribution in [-0.2, 0) is 4.79 Å². The molecule has 1 aliphatic heterocycles. The summed E-state index contributed by atoms with van der Waals surface area (Å²) < 4.78 is 12.6. The van der Waals surface area contributed by atoms with Crippen molar-refractivity contribution in [3.05, 3.63) is 29.8 Å². The molecule has 82 valence electrons. The van der Waals surface area contributed by atoms with Crippen molar-refractivity contribution in [3.8, 4) is 0 Å². The van der Waals surface area contributed by atoms with Crippen molar-refractivity contribution in [2.45, 2.75) is 6.92 Å². The third-order valence-corrected chi connectivity index (χ3v) is 1.85. The van der Waals surface area contributed by atoms with Gasteiger partial charge in [-0.1, -0.05) is 0 Å². The first kappa shape index (κ1) is 10.2. The zero-order valence-electron chi connectivity index (χ0n) is 8.36. The Morgan fingerprint density at radius 2 is 2.12 bits per heavy atom. The van der Waals surface area contributed by atoms with Crippen LogP contribution in [0.5, 0.6) is 0 Å². The molecule has 0 amide bonds. The molecule has 0 aromatic carbocycles. The Balaban J connectivity index is 2.15. The molecular weight excluding hydrogens is 213 g/mol. The highest BCUT2D eigenvalue weighted by Crippen LogP contribution is 2.00. The zero-order chi connectivity index (χ0) is 11.5. The average Bonchev–Trinajstić information content (AvgIpc) is 2.30. The molecule has 0 radical (unpaired) electrons. The van der Waals surface area contributed by atoms with Crippen LogP contribution in [0.3, 0.4) is 0 Å². The van der Waals surface area contributed by atoms with Crippen LogP contribution >= 0.6 is 0 Å². The number of nitrogens with one attached hydrogen (secondary N) is 2. The third-order valence-electron chi connectivity index (χ3n) is 1.85. The summed E-state index contributed by atoms with van der Waals surface area (Å²) in [5, 5.41) is 7.60. The van der Waals surface area contributed by atoms with Gasteiger partial charge in [0.25, 0.3) is 0 Å². The predicted molar refractivity (Wildman–Crippen MR) is 55.1 cm³/mol. The Bertz CT molecular complexity index is 479. The Kier molecular flexibility index (Phi) is 2.59. The fourth-order valence-electron chi connectivity index (χ4n) is 1.06. The van der Waals surface area contributed by atoms with Gasteiger partial charge in [-0.2, -0.15) is 10.2 Å². The molecule has 1 aromatic rings. The number of rotatable bonds is 2. The van der Waals surface area contributed by atoms with Gasteiger partial charge in [0.05, 0.1) is 6.20 Å². The minimum absolute atomic E-state index is 0.117. The first-order valence-corrected chi connectivity index (χ1v) is 4.47. The molecule has 0 saturated heterocycles. The monoisotopic (exact) mass is 221 g/mol. The summed E-state index contributed by atoms with van der Waals surface area (Å²) >= 11 is 0. The zero-order valence-corrected chi connectivity index (χ0v) is 8.36. The number of amidine groups is 2. The topological polar surface area (TPSA) is 78.7 Å². The summed E-state index contributed by atoms with van der Waals surface area (Å²) in [5.74, 6) is -0.223. The smallest absolute Gasteiger partial charge is 0.209 e. The van der Waals surface area contributed by atoms with E-state index in [1.165, 1.54) is 19.1 Å². The summed E-state index contributed by atoms with van der Waals surface area (Å²) in [5.41, 5.74) is 5.46. The molecule has 6 nitrogen and oxygen atoms in total. The lowest BCUT2D eigenvalue weighted by atomic mass is 10.3. The minimum Gasteiger partial charge on any atom is -0.291 e. The van der Waals surface area contributed by atoms with Crippen LogP contribution in [0.2, 0.25) is 0 Å². The van der Waals surface area contributed by atoms with Crippen LogP contribution in [0.25, 0.3) is 0 Å². The molecular formula is C9H8FN5O. The molecule has 0 bridgehead atoms. The number of halogens is 1. The second kappa shape index (κ2) is 4.05. The maximum atomic E-state index is 12.6. The van der Waals surface area contributed by atoms with Gasteiger partial charge in [0.1, 0.15) is 11.5 Å². The Hall–Kier alpha value is -2.31. The van der Waals surface area contributed by atoms with Gasteiger partial charge in [-0.3, -0.25) is 15.6 Å². The van der Waals surface area contributed by atoms with Crippen molar-refractivity contribution in [2.75, 3.05) is 0 Å². The lowest BCUT2D eigenvalue weighted by Crippen LogP contribution is -2.37. The fourth-order valence-corrected chi connectivity index (χ4v) is 1.06. The summed E-state index contributed by atoms with van der Waals surface area (Å²) in [6.07, 6.45) is 1.07. The highest BCUT2D eigenvalue weighted by molar-refractivity contribution is 6.38. The second-order valence-corrected chi connectivity index (χ2v) is 3.06. The number of hydrogen-bond acceptors (Lipinski definition) is 6. The van der Waals surface area contributed by atoms with E-state index < -0.39 is 5.82 Å². The number of hydrogen-bond donors (Lipinski definition) is 2. The van der Waals surface area contributed by atoms with Crippen molar-refractivity contribution in [1.82, 2.24) is 15.8 Å². The van der Waals surface area contributed by atoms with Crippen molar-refractivity contribution in [2.24, 2.45) is 10.2 Å². The Morgan fingerprint density at radius 3 is 2.62 bits per heavy atom. The standard InChI is InChI=1S/C9H8FN5O/c1-5(16)8-12-14-9(15-13-8)7-3-2-6(10)4-11-7/h2-4H,1H3,(H,12,13)(H,14,15). The van der Waals surface area contributed by atoms with Crippen LogP contribution < -0.4 is 10.9 Å². The van der Waals surface area contributed by atoms with Crippen molar-refractivity contribution in [3.63, 3.8) is 0 Å². The Labute approximate surface area is 90.3 Å². The van der Waals surface area contributed by atoms with Gasteiger partial charge in [0.2, 0.25) is 5.84 Å². The molecule has 2 heterocycles. The normalized spacial score (nSPS) is 14.4. The summed E-state index contributed by atoms with van der Waals surface area (Å²) in [6, 6.07) is 2.72. The minimum atomic E-state index is -0.430.